The van der Waals surface area contributed by atoms with Gasteiger partial charge >= 0.3 is 0 Å². The Balaban J connectivity index is 2.05. The lowest BCUT2D eigenvalue weighted by atomic mass is 10.0. The fourth-order valence-corrected chi connectivity index (χ4v) is 2.63. The minimum absolute atomic E-state index is 0.0476. The average molecular weight is 262 g/mol. The lowest BCUT2D eigenvalue weighted by Crippen LogP contribution is -2.48. The van der Waals surface area contributed by atoms with Crippen molar-refractivity contribution < 1.29 is 4.74 Å². The van der Waals surface area contributed by atoms with Gasteiger partial charge in [-0.3, -0.25) is 0 Å². The number of rotatable bonds is 4. The van der Waals surface area contributed by atoms with E-state index in [9.17, 15) is 0 Å². The fraction of sp³-hybridized carbons (Fsp3) is 0.625. The number of benzene rings is 1. The van der Waals surface area contributed by atoms with Gasteiger partial charge in [0.15, 0.2) is 0 Å². The second-order valence-electron chi connectivity index (χ2n) is 5.90. The largest absolute Gasteiger partial charge is 0.372 e. The van der Waals surface area contributed by atoms with Gasteiger partial charge in [-0.25, -0.2) is 0 Å². The second kappa shape index (κ2) is 5.93. The van der Waals surface area contributed by atoms with Crippen LogP contribution >= 0.6 is 0 Å². The first-order valence-corrected chi connectivity index (χ1v) is 7.24. The zero-order valence-electron chi connectivity index (χ0n) is 12.6. The molecule has 1 aliphatic rings. The zero-order valence-corrected chi connectivity index (χ0v) is 12.6. The minimum Gasteiger partial charge on any atom is -0.372 e. The molecule has 1 aromatic rings. The average Bonchev–Trinajstić information content (AvgIpc) is 2.38. The Morgan fingerprint density at radius 2 is 2.00 bits per heavy atom. The number of hydrogen-bond donors (Lipinski definition) is 1. The molecular weight excluding hydrogens is 236 g/mol. The monoisotopic (exact) mass is 262 g/mol. The standard InChI is InChI=1S/C16H26N2O/c1-5-17-13(2)14-6-8-15(9-7-14)18-10-11-19-16(3,4)12-18/h6-9,13,17H,5,10-12H2,1-4H3. The summed E-state index contributed by atoms with van der Waals surface area (Å²) in [6.07, 6.45) is 0. The summed E-state index contributed by atoms with van der Waals surface area (Å²) in [5.41, 5.74) is 2.59. The van der Waals surface area contributed by atoms with Crippen molar-refractivity contribution in [3.8, 4) is 0 Å². The normalized spacial score (nSPS) is 20.3. The SMILES string of the molecule is CCNC(C)c1ccc(N2CCOC(C)(C)C2)cc1. The quantitative estimate of drug-likeness (QED) is 0.903. The highest BCUT2D eigenvalue weighted by Crippen LogP contribution is 2.24. The molecule has 1 saturated heterocycles. The van der Waals surface area contributed by atoms with Gasteiger partial charge in [-0.05, 0) is 45.0 Å². The smallest absolute Gasteiger partial charge is 0.0801 e. The lowest BCUT2D eigenvalue weighted by Gasteiger charge is -2.39. The highest BCUT2D eigenvalue weighted by atomic mass is 16.5. The summed E-state index contributed by atoms with van der Waals surface area (Å²) in [6, 6.07) is 9.32. The van der Waals surface area contributed by atoms with Crippen molar-refractivity contribution in [2.75, 3.05) is 31.1 Å². The van der Waals surface area contributed by atoms with Crippen LogP contribution in [0.15, 0.2) is 24.3 Å². The van der Waals surface area contributed by atoms with Crippen LogP contribution < -0.4 is 10.2 Å². The number of nitrogens with one attached hydrogen (secondary N) is 1. The van der Waals surface area contributed by atoms with Gasteiger partial charge in [0.05, 0.1) is 12.2 Å². The van der Waals surface area contributed by atoms with E-state index in [-0.39, 0.29) is 5.60 Å². The highest BCUT2D eigenvalue weighted by molar-refractivity contribution is 5.48. The molecule has 1 heterocycles. The van der Waals surface area contributed by atoms with Crippen LogP contribution in [0.3, 0.4) is 0 Å². The van der Waals surface area contributed by atoms with Crippen LogP contribution in [0.2, 0.25) is 0 Å². The molecule has 1 atom stereocenters. The van der Waals surface area contributed by atoms with Gasteiger partial charge in [-0.1, -0.05) is 19.1 Å². The van der Waals surface area contributed by atoms with Crippen LogP contribution in [0.4, 0.5) is 5.69 Å². The molecule has 0 aliphatic carbocycles. The molecule has 2 rings (SSSR count). The number of anilines is 1. The van der Waals surface area contributed by atoms with Crippen molar-refractivity contribution in [1.82, 2.24) is 5.32 Å². The Morgan fingerprint density at radius 1 is 1.32 bits per heavy atom. The van der Waals surface area contributed by atoms with Crippen molar-refractivity contribution in [2.24, 2.45) is 0 Å². The van der Waals surface area contributed by atoms with E-state index >= 15 is 0 Å². The Labute approximate surface area is 116 Å². The molecule has 0 saturated carbocycles. The molecule has 1 aromatic carbocycles. The molecule has 106 valence electrons. The van der Waals surface area contributed by atoms with Crippen LogP contribution in [0, 0.1) is 0 Å². The van der Waals surface area contributed by atoms with Gasteiger partial charge in [-0.2, -0.15) is 0 Å². The molecule has 0 amide bonds. The first kappa shape index (κ1) is 14.4. The molecule has 3 nitrogen and oxygen atoms in total. The molecule has 0 spiro atoms. The van der Waals surface area contributed by atoms with E-state index < -0.39 is 0 Å². The van der Waals surface area contributed by atoms with Crippen LogP contribution in [0.25, 0.3) is 0 Å². The summed E-state index contributed by atoms with van der Waals surface area (Å²) < 4.78 is 5.76. The van der Waals surface area contributed by atoms with Crippen LogP contribution in [0.1, 0.15) is 39.3 Å². The van der Waals surface area contributed by atoms with E-state index in [1.165, 1.54) is 11.3 Å². The van der Waals surface area contributed by atoms with E-state index in [1.54, 1.807) is 0 Å². The first-order valence-electron chi connectivity index (χ1n) is 7.24. The maximum atomic E-state index is 5.76. The second-order valence-corrected chi connectivity index (χ2v) is 5.90. The number of ether oxygens (including phenoxy) is 1. The van der Waals surface area contributed by atoms with E-state index in [1.807, 2.05) is 0 Å². The van der Waals surface area contributed by atoms with Crippen LogP contribution in [-0.2, 0) is 4.74 Å². The van der Waals surface area contributed by atoms with Crippen molar-refractivity contribution in [2.45, 2.75) is 39.3 Å². The fourth-order valence-electron chi connectivity index (χ4n) is 2.63. The predicted octanol–water partition coefficient (Wildman–Crippen LogP) is 2.97. The van der Waals surface area contributed by atoms with E-state index in [0.717, 1.165) is 26.2 Å². The maximum Gasteiger partial charge on any atom is 0.0801 e. The number of hydrogen-bond acceptors (Lipinski definition) is 3. The summed E-state index contributed by atoms with van der Waals surface area (Å²) in [5.74, 6) is 0. The molecule has 0 radical (unpaired) electrons. The molecule has 1 N–H and O–H groups in total. The predicted molar refractivity (Wildman–Crippen MR) is 80.8 cm³/mol. The molecule has 1 unspecified atom stereocenters. The van der Waals surface area contributed by atoms with Gasteiger partial charge in [0.25, 0.3) is 0 Å². The minimum atomic E-state index is -0.0476. The molecule has 19 heavy (non-hydrogen) atoms. The topological polar surface area (TPSA) is 24.5 Å². The molecule has 3 heteroatoms. The molecule has 1 aliphatic heterocycles. The number of morpholine rings is 1. The highest BCUT2D eigenvalue weighted by Gasteiger charge is 2.27. The third kappa shape index (κ3) is 3.71. The van der Waals surface area contributed by atoms with Gasteiger partial charge in [0.2, 0.25) is 0 Å². The summed E-state index contributed by atoms with van der Waals surface area (Å²) in [6.45, 7) is 12.4. The van der Waals surface area contributed by atoms with Gasteiger partial charge < -0.3 is 15.0 Å². The third-order valence-electron chi connectivity index (χ3n) is 3.69. The Kier molecular flexibility index (Phi) is 4.48. The van der Waals surface area contributed by atoms with Gasteiger partial charge in [0, 0.05) is 24.8 Å². The maximum absolute atomic E-state index is 5.76. The molecular formula is C16H26N2O. The molecule has 0 aromatic heterocycles. The molecule has 1 fully saturated rings. The summed E-state index contributed by atoms with van der Waals surface area (Å²) in [7, 11) is 0. The van der Waals surface area contributed by atoms with Crippen molar-refractivity contribution in [3.05, 3.63) is 29.8 Å². The Hall–Kier alpha value is -1.06. The van der Waals surface area contributed by atoms with Gasteiger partial charge in [-0.15, -0.1) is 0 Å². The summed E-state index contributed by atoms with van der Waals surface area (Å²) >= 11 is 0. The zero-order chi connectivity index (χ0) is 13.9. The molecule has 0 bridgehead atoms. The van der Waals surface area contributed by atoms with E-state index in [0.29, 0.717) is 6.04 Å². The van der Waals surface area contributed by atoms with Crippen molar-refractivity contribution in [3.63, 3.8) is 0 Å². The Morgan fingerprint density at radius 3 is 2.58 bits per heavy atom. The van der Waals surface area contributed by atoms with E-state index in [4.69, 9.17) is 4.74 Å². The lowest BCUT2D eigenvalue weighted by molar-refractivity contribution is -0.0276. The van der Waals surface area contributed by atoms with Crippen LogP contribution in [-0.4, -0.2) is 31.8 Å². The first-order chi connectivity index (χ1) is 9.02. The summed E-state index contributed by atoms with van der Waals surface area (Å²) in [4.78, 5) is 2.41. The third-order valence-corrected chi connectivity index (χ3v) is 3.69. The van der Waals surface area contributed by atoms with Crippen molar-refractivity contribution in [1.29, 1.82) is 0 Å². The van der Waals surface area contributed by atoms with Crippen LogP contribution in [0.5, 0.6) is 0 Å². The van der Waals surface area contributed by atoms with E-state index in [2.05, 4.69) is 62.2 Å². The number of nitrogens with zero attached hydrogens (tertiary/aromatic N) is 1. The van der Waals surface area contributed by atoms with Gasteiger partial charge in [0.1, 0.15) is 0 Å². The summed E-state index contributed by atoms with van der Waals surface area (Å²) in [5, 5.41) is 3.44. The Bertz CT molecular complexity index is 400. The van der Waals surface area contributed by atoms with Crippen molar-refractivity contribution >= 4 is 5.69 Å².